The third kappa shape index (κ3) is 6.24. The first-order valence-corrected chi connectivity index (χ1v) is 7.37. The molecule has 120 valence electrons. The predicted octanol–water partition coefficient (Wildman–Crippen LogP) is 3.81. The van der Waals surface area contributed by atoms with E-state index in [0.29, 0.717) is 13.2 Å². The summed E-state index contributed by atoms with van der Waals surface area (Å²) < 4.78 is 5.73. The molecule has 1 unspecified atom stereocenters. The average Bonchev–Trinajstić information content (AvgIpc) is 2.47. The number of ether oxygens (including phenoxy) is 1. The molecule has 5 heteroatoms. The first kappa shape index (κ1) is 18.8. The van der Waals surface area contributed by atoms with Gasteiger partial charge in [-0.05, 0) is 30.7 Å². The molecule has 3 nitrogen and oxygen atoms in total. The molecule has 0 spiro atoms. The van der Waals surface area contributed by atoms with Crippen molar-refractivity contribution in [2.45, 2.75) is 26.2 Å². The molecule has 0 fully saturated rings. The molecule has 0 heterocycles. The first-order chi connectivity index (χ1) is 10.1. The third-order valence-corrected chi connectivity index (χ3v) is 3.41. The largest absolute Gasteiger partial charge is 0.489 e. The van der Waals surface area contributed by atoms with E-state index in [1.807, 2.05) is 48.5 Å². The minimum atomic E-state index is -0.330. The van der Waals surface area contributed by atoms with E-state index in [-0.39, 0.29) is 18.5 Å². The van der Waals surface area contributed by atoms with Gasteiger partial charge in [0, 0.05) is 23.7 Å². The maximum atomic E-state index is 9.18. The summed E-state index contributed by atoms with van der Waals surface area (Å²) in [6.45, 7) is 3.54. The molecule has 22 heavy (non-hydrogen) atoms. The number of hydrogen-bond acceptors (Lipinski definition) is 3. The van der Waals surface area contributed by atoms with Crippen LogP contribution in [0.1, 0.15) is 18.1 Å². The Hall–Kier alpha value is -1.26. The zero-order chi connectivity index (χ0) is 15.1. The van der Waals surface area contributed by atoms with Gasteiger partial charge in [-0.15, -0.1) is 12.4 Å². The number of nitrogens with one attached hydrogen (secondary N) is 1. The monoisotopic (exact) mass is 341 g/mol. The van der Waals surface area contributed by atoms with E-state index in [4.69, 9.17) is 16.3 Å². The Morgan fingerprint density at radius 3 is 2.45 bits per heavy atom. The van der Waals surface area contributed by atoms with Crippen LogP contribution in [0.4, 0.5) is 0 Å². The topological polar surface area (TPSA) is 41.5 Å². The first-order valence-electron chi connectivity index (χ1n) is 6.99. The lowest BCUT2D eigenvalue weighted by molar-refractivity contribution is 0.191. The molecular formula is C17H21Cl2NO2. The van der Waals surface area contributed by atoms with Crippen molar-refractivity contribution < 1.29 is 9.84 Å². The second-order valence-corrected chi connectivity index (χ2v) is 5.41. The molecule has 0 aliphatic heterocycles. The molecule has 0 saturated heterocycles. The van der Waals surface area contributed by atoms with Crippen molar-refractivity contribution in [2.24, 2.45) is 0 Å². The summed E-state index contributed by atoms with van der Waals surface area (Å²) in [5, 5.41) is 13.1. The second-order valence-electron chi connectivity index (χ2n) is 5.00. The molecule has 2 aromatic carbocycles. The molecule has 0 radical (unpaired) electrons. The van der Waals surface area contributed by atoms with Gasteiger partial charge in [0.25, 0.3) is 0 Å². The van der Waals surface area contributed by atoms with Crippen molar-refractivity contribution >= 4 is 24.0 Å². The van der Waals surface area contributed by atoms with Crippen molar-refractivity contribution in [1.29, 1.82) is 0 Å². The minimum absolute atomic E-state index is 0. The maximum Gasteiger partial charge on any atom is 0.119 e. The van der Waals surface area contributed by atoms with Gasteiger partial charge in [0.05, 0.1) is 6.10 Å². The van der Waals surface area contributed by atoms with Gasteiger partial charge in [-0.1, -0.05) is 41.9 Å². The van der Waals surface area contributed by atoms with Gasteiger partial charge < -0.3 is 15.2 Å². The summed E-state index contributed by atoms with van der Waals surface area (Å²) in [6.07, 6.45) is -0.330. The number of rotatable bonds is 7. The predicted molar refractivity (Wildman–Crippen MR) is 92.9 cm³/mol. The standard InChI is InChI=1S/C17H20ClNO2.ClH/c1-13(20)10-19-11-14-6-8-16(9-7-14)21-12-15-4-2-3-5-17(15)18;/h2-9,13,19-20H,10-12H2,1H3;1H. The molecule has 0 aliphatic rings. The Morgan fingerprint density at radius 1 is 1.14 bits per heavy atom. The normalized spacial score (nSPS) is 11.6. The third-order valence-electron chi connectivity index (χ3n) is 3.04. The molecule has 0 aliphatic carbocycles. The summed E-state index contributed by atoms with van der Waals surface area (Å²) in [5.74, 6) is 0.814. The fourth-order valence-corrected chi connectivity index (χ4v) is 2.10. The summed E-state index contributed by atoms with van der Waals surface area (Å²) in [6, 6.07) is 15.6. The van der Waals surface area contributed by atoms with Gasteiger partial charge in [-0.2, -0.15) is 0 Å². The van der Waals surface area contributed by atoms with E-state index in [0.717, 1.165) is 28.4 Å². The number of hydrogen-bond donors (Lipinski definition) is 2. The lowest BCUT2D eigenvalue weighted by Gasteiger charge is -2.09. The average molecular weight is 342 g/mol. The van der Waals surface area contributed by atoms with E-state index in [1.54, 1.807) is 6.92 Å². The van der Waals surface area contributed by atoms with Crippen molar-refractivity contribution in [1.82, 2.24) is 5.32 Å². The van der Waals surface area contributed by atoms with Crippen LogP contribution in [-0.2, 0) is 13.2 Å². The van der Waals surface area contributed by atoms with E-state index >= 15 is 0 Å². The van der Waals surface area contributed by atoms with Crippen LogP contribution >= 0.6 is 24.0 Å². The molecule has 2 N–H and O–H groups in total. The summed E-state index contributed by atoms with van der Waals surface area (Å²) >= 11 is 6.09. The number of aliphatic hydroxyl groups is 1. The van der Waals surface area contributed by atoms with E-state index < -0.39 is 0 Å². The fraction of sp³-hybridized carbons (Fsp3) is 0.294. The highest BCUT2D eigenvalue weighted by atomic mass is 35.5. The Morgan fingerprint density at radius 2 is 1.82 bits per heavy atom. The molecule has 2 rings (SSSR count). The number of benzene rings is 2. The fourth-order valence-electron chi connectivity index (χ4n) is 1.91. The molecule has 0 bridgehead atoms. The van der Waals surface area contributed by atoms with Crippen molar-refractivity contribution in [3.63, 3.8) is 0 Å². The SMILES string of the molecule is CC(O)CNCc1ccc(OCc2ccccc2Cl)cc1.Cl. The second kappa shape index (κ2) is 9.70. The summed E-state index contributed by atoms with van der Waals surface area (Å²) in [7, 11) is 0. The van der Waals surface area contributed by atoms with E-state index in [2.05, 4.69) is 5.32 Å². The minimum Gasteiger partial charge on any atom is -0.489 e. The van der Waals surface area contributed by atoms with E-state index in [1.165, 1.54) is 0 Å². The van der Waals surface area contributed by atoms with Gasteiger partial charge in [-0.25, -0.2) is 0 Å². The van der Waals surface area contributed by atoms with Crippen molar-refractivity contribution in [2.75, 3.05) is 6.54 Å². The lowest BCUT2D eigenvalue weighted by Crippen LogP contribution is -2.23. The molecular weight excluding hydrogens is 321 g/mol. The zero-order valence-electron chi connectivity index (χ0n) is 12.5. The number of aliphatic hydroxyl groups excluding tert-OH is 1. The van der Waals surface area contributed by atoms with Gasteiger partial charge >= 0.3 is 0 Å². The van der Waals surface area contributed by atoms with Crippen LogP contribution in [0.25, 0.3) is 0 Å². The summed E-state index contributed by atoms with van der Waals surface area (Å²) in [5.41, 5.74) is 2.13. The van der Waals surface area contributed by atoms with Gasteiger partial charge in [0.2, 0.25) is 0 Å². The molecule has 0 aromatic heterocycles. The van der Waals surface area contributed by atoms with Crippen molar-refractivity contribution in [3.8, 4) is 5.75 Å². The Bertz CT molecular complexity index is 559. The lowest BCUT2D eigenvalue weighted by atomic mass is 10.2. The van der Waals surface area contributed by atoms with Crippen LogP contribution in [0.15, 0.2) is 48.5 Å². The Kier molecular flexibility index (Phi) is 8.28. The van der Waals surface area contributed by atoms with Crippen LogP contribution < -0.4 is 10.1 Å². The van der Waals surface area contributed by atoms with E-state index in [9.17, 15) is 5.11 Å². The Balaban J connectivity index is 0.00000242. The van der Waals surface area contributed by atoms with Gasteiger partial charge in [0.1, 0.15) is 12.4 Å². The van der Waals surface area contributed by atoms with Crippen LogP contribution in [0, 0.1) is 0 Å². The molecule has 0 saturated carbocycles. The quantitative estimate of drug-likeness (QED) is 0.804. The Labute approximate surface area is 142 Å². The van der Waals surface area contributed by atoms with Crippen LogP contribution in [0.5, 0.6) is 5.75 Å². The molecule has 1 atom stereocenters. The zero-order valence-corrected chi connectivity index (χ0v) is 14.0. The van der Waals surface area contributed by atoms with Crippen molar-refractivity contribution in [3.05, 3.63) is 64.7 Å². The highest BCUT2D eigenvalue weighted by molar-refractivity contribution is 6.31. The molecule has 2 aromatic rings. The van der Waals surface area contributed by atoms with Crippen LogP contribution in [-0.4, -0.2) is 17.8 Å². The van der Waals surface area contributed by atoms with Gasteiger partial charge in [-0.3, -0.25) is 0 Å². The number of halogens is 2. The maximum absolute atomic E-state index is 9.18. The highest BCUT2D eigenvalue weighted by Gasteiger charge is 2.01. The smallest absolute Gasteiger partial charge is 0.119 e. The highest BCUT2D eigenvalue weighted by Crippen LogP contribution is 2.18. The molecule has 0 amide bonds. The van der Waals surface area contributed by atoms with Crippen LogP contribution in [0.2, 0.25) is 5.02 Å². The van der Waals surface area contributed by atoms with Crippen LogP contribution in [0.3, 0.4) is 0 Å². The summed E-state index contributed by atoms with van der Waals surface area (Å²) in [4.78, 5) is 0. The van der Waals surface area contributed by atoms with Gasteiger partial charge in [0.15, 0.2) is 0 Å².